The van der Waals surface area contributed by atoms with Gasteiger partial charge < -0.3 is 8.97 Å². The van der Waals surface area contributed by atoms with Crippen LogP contribution in [0.1, 0.15) is 0 Å². The first-order chi connectivity index (χ1) is 8.00. The first kappa shape index (κ1) is 28.4. The summed E-state index contributed by atoms with van der Waals surface area (Å²) in [6.45, 7) is 0. The van der Waals surface area contributed by atoms with Crippen LogP contribution in [0.25, 0.3) is 0 Å². The minimum atomic E-state index is -4.94. The van der Waals surface area contributed by atoms with E-state index >= 15 is 0 Å². The molecule has 0 aromatic carbocycles. The van der Waals surface area contributed by atoms with Gasteiger partial charge in [0, 0.05) is 0 Å². The third-order valence-corrected chi connectivity index (χ3v) is 0. The molecule has 0 aliphatic heterocycles. The third-order valence-electron chi connectivity index (χ3n) is 0. The number of quaternary nitrogens is 2. The summed E-state index contributed by atoms with van der Waals surface area (Å²) >= 11 is 0. The van der Waals surface area contributed by atoms with Crippen molar-refractivity contribution in [3.8, 4) is 0 Å². The minimum Gasteiger partial charge on any atom is -0.333 e. The molecule has 0 aromatic rings. The van der Waals surface area contributed by atoms with Crippen molar-refractivity contribution < 1.29 is 66.7 Å². The molecule has 0 amide bonds. The van der Waals surface area contributed by atoms with E-state index in [0.29, 0.717) is 0 Å². The molecule has 128 valence electrons. The quantitative estimate of drug-likeness (QED) is 0.386. The zero-order valence-corrected chi connectivity index (χ0v) is 14.4. The van der Waals surface area contributed by atoms with Crippen LogP contribution in [0.15, 0.2) is 0 Å². The Balaban J connectivity index is -0.0000000853. The van der Waals surface area contributed by atoms with Gasteiger partial charge in [-0.1, -0.05) is 0 Å². The number of hydrogen-bond acceptors (Lipinski definition) is 8. The second-order valence-electron chi connectivity index (χ2n) is 6.12. The van der Waals surface area contributed by atoms with Crippen molar-refractivity contribution in [3.63, 3.8) is 0 Å². The van der Waals surface area contributed by atoms with E-state index < -0.39 is 20.5 Å². The lowest BCUT2D eigenvalue weighted by atomic mass is 10.8. The van der Waals surface area contributed by atoms with Crippen molar-refractivity contribution in [3.05, 3.63) is 0 Å². The molecule has 0 fully saturated rings. The van der Waals surface area contributed by atoms with Gasteiger partial charge in [0.1, 0.15) is 0 Å². The summed E-state index contributed by atoms with van der Waals surface area (Å²) in [5, 5.41) is 0. The lowest BCUT2D eigenvalue weighted by molar-refractivity contribution is -2.00. The van der Waals surface area contributed by atoms with E-state index in [-0.39, 0.29) is 0 Å². The Bertz CT molecular complexity index is 144. The molecule has 10 nitrogen and oxygen atoms in total. The predicted octanol–water partition coefficient (Wildman–Crippen LogP) is -8.87. The fraction of sp³-hybridized carbons (Fsp3) is 1.00. The molecule has 0 aromatic heterocycles. The smallest absolute Gasteiger partial charge is 0.0675 e. The monoisotopic (exact) mass is 346 g/mol. The highest BCUT2D eigenvalue weighted by Gasteiger charge is 1.89. The van der Waals surface area contributed by atoms with Crippen LogP contribution < -0.4 is 37.3 Å². The zero-order chi connectivity index (χ0) is 18.0. The van der Waals surface area contributed by atoms with Gasteiger partial charge in [-0.25, -0.2) is 37.3 Å². The maximum atomic E-state index is 8.49. The minimum absolute atomic E-state index is 1.00. The number of nitrogens with zero attached hydrogens (tertiary/aromatic N) is 2. The van der Waals surface area contributed by atoms with Gasteiger partial charge in [0.2, 0.25) is 0 Å². The van der Waals surface area contributed by atoms with E-state index in [1.54, 1.807) is 0 Å². The summed E-state index contributed by atoms with van der Waals surface area (Å²) < 4.78 is 69.9. The molecule has 0 N–H and O–H groups in total. The molecule has 0 aliphatic rings. The van der Waals surface area contributed by atoms with Crippen LogP contribution in [0.2, 0.25) is 0 Å². The Kier molecular flexibility index (Phi) is 15.4. The Morgan fingerprint density at radius 1 is 0.400 bits per heavy atom. The zero-order valence-electron chi connectivity index (χ0n) is 12.9. The predicted molar refractivity (Wildman–Crippen MR) is 47.9 cm³/mol. The Morgan fingerprint density at radius 3 is 0.400 bits per heavy atom. The van der Waals surface area contributed by atoms with Gasteiger partial charge in [-0.3, -0.25) is 0 Å². The Labute approximate surface area is 124 Å². The van der Waals surface area contributed by atoms with Crippen molar-refractivity contribution in [2.75, 3.05) is 56.4 Å². The second kappa shape index (κ2) is 10.8. The van der Waals surface area contributed by atoms with E-state index in [2.05, 4.69) is 56.4 Å². The molecule has 20 heavy (non-hydrogen) atoms. The van der Waals surface area contributed by atoms with Crippen LogP contribution in [0, 0.1) is 20.5 Å². The number of rotatable bonds is 0. The molecule has 0 spiro atoms. The normalized spacial score (nSPS) is 12.0. The molecular weight excluding hydrogens is 323 g/mol. The van der Waals surface area contributed by atoms with E-state index in [4.69, 9.17) is 37.3 Å². The second-order valence-corrected chi connectivity index (χ2v) is 7.63. The van der Waals surface area contributed by atoms with Crippen molar-refractivity contribution in [1.82, 2.24) is 0 Å². The third kappa shape index (κ3) is 166000. The highest BCUT2D eigenvalue weighted by Crippen LogP contribution is 1.74. The highest BCUT2D eigenvalue weighted by atomic mass is 35.7. The molecule has 12 heteroatoms. The first-order valence-corrected chi connectivity index (χ1v) is 7.28. The van der Waals surface area contributed by atoms with E-state index in [1.807, 2.05) is 0 Å². The summed E-state index contributed by atoms with van der Waals surface area (Å²) in [5.74, 6) is 0. The van der Waals surface area contributed by atoms with Gasteiger partial charge in [-0.05, 0) is 0 Å². The molecule has 0 radical (unpaired) electrons. The van der Waals surface area contributed by atoms with Crippen LogP contribution in [0.4, 0.5) is 0 Å². The topological polar surface area (TPSA) is 184 Å². The molecule has 0 saturated carbocycles. The molecule has 0 unspecified atom stereocenters. The Morgan fingerprint density at radius 2 is 0.400 bits per heavy atom. The largest absolute Gasteiger partial charge is 0.333 e. The average molecular weight is 347 g/mol. The van der Waals surface area contributed by atoms with Crippen molar-refractivity contribution in [2.45, 2.75) is 0 Å². The Hall–Kier alpha value is 0.180. The van der Waals surface area contributed by atoms with Gasteiger partial charge in [0.25, 0.3) is 0 Å². The van der Waals surface area contributed by atoms with Gasteiger partial charge in [-0.15, -0.1) is 20.5 Å². The van der Waals surface area contributed by atoms with Crippen molar-refractivity contribution in [1.29, 1.82) is 0 Å². The molecular formula is C8H24Cl2N2O8. The number of hydrogen-bond donors (Lipinski definition) is 0. The lowest BCUT2D eigenvalue weighted by Gasteiger charge is -2.17. The van der Waals surface area contributed by atoms with E-state index in [0.717, 1.165) is 8.97 Å². The summed E-state index contributed by atoms with van der Waals surface area (Å²) in [4.78, 5) is 0. The van der Waals surface area contributed by atoms with Gasteiger partial charge in [0.15, 0.2) is 0 Å². The fourth-order valence-corrected chi connectivity index (χ4v) is 0. The molecule has 0 aliphatic carbocycles. The summed E-state index contributed by atoms with van der Waals surface area (Å²) in [7, 11) is 7.11. The van der Waals surface area contributed by atoms with Gasteiger partial charge in [-0.2, -0.15) is 0 Å². The first-order valence-electron chi connectivity index (χ1n) is 4.81. The average Bonchev–Trinajstić information content (AvgIpc) is 1.62. The molecule has 0 saturated heterocycles. The summed E-state index contributed by atoms with van der Waals surface area (Å²) in [6.07, 6.45) is 0. The van der Waals surface area contributed by atoms with Crippen molar-refractivity contribution >= 4 is 0 Å². The lowest BCUT2D eigenvalue weighted by Crippen LogP contribution is -2.68. The SMILES string of the molecule is C[N+](C)(C)C.C[N+](C)(C)C.[O-][Cl+3]([O-])([O-])[O-].[O-][Cl+3]([O-])([O-])[O-]. The van der Waals surface area contributed by atoms with Crippen LogP contribution in [0.3, 0.4) is 0 Å². The fourth-order valence-electron chi connectivity index (χ4n) is 0. The summed E-state index contributed by atoms with van der Waals surface area (Å²) in [5.41, 5.74) is 0. The van der Waals surface area contributed by atoms with Gasteiger partial charge in [0.05, 0.1) is 56.4 Å². The summed E-state index contributed by atoms with van der Waals surface area (Å²) in [6, 6.07) is 0. The van der Waals surface area contributed by atoms with E-state index in [1.165, 1.54) is 0 Å². The molecule has 0 bridgehead atoms. The molecule has 0 rings (SSSR count). The van der Waals surface area contributed by atoms with Crippen molar-refractivity contribution in [2.24, 2.45) is 0 Å². The van der Waals surface area contributed by atoms with Crippen LogP contribution in [-0.2, 0) is 0 Å². The highest BCUT2D eigenvalue weighted by molar-refractivity contribution is 3.87. The standard InChI is InChI=1S/2C4H12N.2ClHO4/c2*1-5(2,3)4;2*2-1(3,4)5/h2*1-4H3;2*(H,2,3,4,5)/q2*+1;;/p-2. The van der Waals surface area contributed by atoms with Crippen LogP contribution >= 0.6 is 0 Å². The molecule has 0 atom stereocenters. The van der Waals surface area contributed by atoms with E-state index in [9.17, 15) is 0 Å². The van der Waals surface area contributed by atoms with Crippen LogP contribution in [0.5, 0.6) is 0 Å². The van der Waals surface area contributed by atoms with Gasteiger partial charge >= 0.3 is 0 Å². The maximum absolute atomic E-state index is 8.49. The van der Waals surface area contributed by atoms with Crippen LogP contribution in [-0.4, -0.2) is 65.3 Å². The number of halogens is 2. The maximum Gasteiger partial charge on any atom is 0.0675 e. The molecule has 0 heterocycles.